The number of benzene rings is 2. The number of rotatable bonds is 5. The minimum atomic E-state index is -0.0696. The normalized spacial score (nSPS) is 16.7. The highest BCUT2D eigenvalue weighted by atomic mass is 16.5. The predicted octanol–water partition coefficient (Wildman–Crippen LogP) is 3.74. The zero-order valence-corrected chi connectivity index (χ0v) is 16.0. The first-order chi connectivity index (χ1) is 14.2. The van der Waals surface area contributed by atoms with E-state index in [0.29, 0.717) is 31.2 Å². The van der Waals surface area contributed by atoms with Crippen molar-refractivity contribution in [2.45, 2.75) is 18.9 Å². The maximum absolute atomic E-state index is 12.5. The lowest BCUT2D eigenvalue weighted by Gasteiger charge is -2.16. The van der Waals surface area contributed by atoms with Crippen LogP contribution in [0.2, 0.25) is 0 Å². The van der Waals surface area contributed by atoms with Crippen molar-refractivity contribution in [3.63, 3.8) is 0 Å². The summed E-state index contributed by atoms with van der Waals surface area (Å²) in [5.41, 5.74) is 2.91. The molecule has 5 rings (SSSR count). The van der Waals surface area contributed by atoms with Gasteiger partial charge in [0.15, 0.2) is 5.82 Å². The fourth-order valence-corrected chi connectivity index (χ4v) is 3.79. The van der Waals surface area contributed by atoms with Crippen LogP contribution in [-0.4, -0.2) is 39.6 Å². The second kappa shape index (κ2) is 7.09. The molecule has 7 nitrogen and oxygen atoms in total. The van der Waals surface area contributed by atoms with Gasteiger partial charge < -0.3 is 19.1 Å². The molecule has 1 N–H and O–H groups in total. The molecule has 1 unspecified atom stereocenters. The van der Waals surface area contributed by atoms with Gasteiger partial charge in [-0.3, -0.25) is 4.79 Å². The van der Waals surface area contributed by atoms with Crippen LogP contribution in [0.5, 0.6) is 5.75 Å². The molecule has 0 aliphatic carbocycles. The van der Waals surface area contributed by atoms with Crippen LogP contribution in [0.25, 0.3) is 22.4 Å². The predicted molar refractivity (Wildman–Crippen MR) is 107 cm³/mol. The molecule has 3 heterocycles. The van der Waals surface area contributed by atoms with Crippen LogP contribution in [0.3, 0.4) is 0 Å². The number of likely N-dealkylation sites (tertiary alicyclic amines) is 1. The fraction of sp³-hybridized carbons (Fsp3) is 0.227. The number of amides is 1. The number of aromatic amines is 1. The van der Waals surface area contributed by atoms with Gasteiger partial charge in [0.05, 0.1) is 7.11 Å². The molecule has 1 amide bonds. The van der Waals surface area contributed by atoms with Crippen molar-refractivity contribution >= 4 is 16.8 Å². The van der Waals surface area contributed by atoms with Crippen LogP contribution in [0.4, 0.5) is 0 Å². The molecule has 0 bridgehead atoms. The zero-order valence-electron chi connectivity index (χ0n) is 16.0. The van der Waals surface area contributed by atoms with Crippen LogP contribution in [0.15, 0.2) is 59.3 Å². The van der Waals surface area contributed by atoms with E-state index in [0.717, 1.165) is 27.8 Å². The number of nitrogens with zero attached hydrogens (tertiary/aromatic N) is 3. The van der Waals surface area contributed by atoms with Crippen molar-refractivity contribution in [3.8, 4) is 17.2 Å². The number of aromatic nitrogens is 3. The number of H-pyrrole nitrogens is 1. The van der Waals surface area contributed by atoms with Crippen LogP contribution < -0.4 is 4.74 Å². The molecule has 7 heteroatoms. The topological polar surface area (TPSA) is 84.2 Å². The molecular formula is C22H20N4O3. The van der Waals surface area contributed by atoms with E-state index in [-0.39, 0.29) is 11.8 Å². The van der Waals surface area contributed by atoms with Gasteiger partial charge in [0.2, 0.25) is 5.91 Å². The summed E-state index contributed by atoms with van der Waals surface area (Å²) in [7, 11) is 1.64. The Morgan fingerprint density at radius 2 is 2.17 bits per heavy atom. The number of fused-ring (bicyclic) bond motifs is 1. The first-order valence-corrected chi connectivity index (χ1v) is 9.51. The zero-order chi connectivity index (χ0) is 19.8. The average Bonchev–Trinajstić information content (AvgIpc) is 3.47. The van der Waals surface area contributed by atoms with Crippen molar-refractivity contribution < 1.29 is 14.1 Å². The first kappa shape index (κ1) is 17.5. The lowest BCUT2D eigenvalue weighted by Crippen LogP contribution is -2.24. The van der Waals surface area contributed by atoms with Crippen molar-refractivity contribution in [1.29, 1.82) is 0 Å². The van der Waals surface area contributed by atoms with E-state index in [2.05, 4.69) is 15.1 Å². The Bertz CT molecular complexity index is 1180. The molecule has 1 saturated heterocycles. The number of carbonyl (C=O) groups is 1. The Morgan fingerprint density at radius 1 is 1.24 bits per heavy atom. The van der Waals surface area contributed by atoms with E-state index >= 15 is 0 Å². The second-order valence-electron chi connectivity index (χ2n) is 7.26. The SMILES string of the molecule is COc1cccc(CN2CC(c3noc(-c4ccc5cc[nH]c5c4)n3)CC2=O)c1. The standard InChI is InChI=1S/C22H20N4O3/c1-28-18-4-2-3-14(9-18)12-26-13-17(11-20(26)27)21-24-22(29-25-21)16-6-5-15-7-8-23-19(15)10-16/h2-10,17,23H,11-13H2,1H3. The fourth-order valence-electron chi connectivity index (χ4n) is 3.79. The van der Waals surface area contributed by atoms with Gasteiger partial charge >= 0.3 is 0 Å². The first-order valence-electron chi connectivity index (χ1n) is 9.51. The molecule has 146 valence electrons. The monoisotopic (exact) mass is 388 g/mol. The van der Waals surface area contributed by atoms with Crippen molar-refractivity contribution in [3.05, 3.63) is 66.1 Å². The van der Waals surface area contributed by atoms with Crippen LogP contribution >= 0.6 is 0 Å². The van der Waals surface area contributed by atoms with Crippen molar-refractivity contribution in [2.24, 2.45) is 0 Å². The highest BCUT2D eigenvalue weighted by Crippen LogP contribution is 2.30. The van der Waals surface area contributed by atoms with Crippen molar-refractivity contribution in [1.82, 2.24) is 20.0 Å². The van der Waals surface area contributed by atoms with E-state index in [1.165, 1.54) is 0 Å². The second-order valence-corrected chi connectivity index (χ2v) is 7.26. The number of methoxy groups -OCH3 is 1. The molecule has 0 spiro atoms. The molecule has 1 aliphatic rings. The summed E-state index contributed by atoms with van der Waals surface area (Å²) in [5.74, 6) is 1.85. The lowest BCUT2D eigenvalue weighted by atomic mass is 10.1. The summed E-state index contributed by atoms with van der Waals surface area (Å²) in [6.07, 6.45) is 2.29. The molecule has 2 aromatic carbocycles. The Morgan fingerprint density at radius 3 is 3.07 bits per heavy atom. The van der Waals surface area contributed by atoms with Gasteiger partial charge in [-0.2, -0.15) is 4.98 Å². The van der Waals surface area contributed by atoms with Gasteiger partial charge in [-0.25, -0.2) is 0 Å². The summed E-state index contributed by atoms with van der Waals surface area (Å²) >= 11 is 0. The molecule has 2 aromatic heterocycles. The Kier molecular flexibility index (Phi) is 4.27. The van der Waals surface area contributed by atoms with E-state index < -0.39 is 0 Å². The molecule has 1 fully saturated rings. The van der Waals surface area contributed by atoms with Gasteiger partial charge in [0.25, 0.3) is 5.89 Å². The summed E-state index contributed by atoms with van der Waals surface area (Å²) in [6, 6.07) is 15.7. The molecule has 0 radical (unpaired) electrons. The largest absolute Gasteiger partial charge is 0.497 e. The van der Waals surface area contributed by atoms with E-state index in [1.807, 2.05) is 59.6 Å². The minimum absolute atomic E-state index is 0.0696. The minimum Gasteiger partial charge on any atom is -0.497 e. The van der Waals surface area contributed by atoms with Crippen LogP contribution in [-0.2, 0) is 11.3 Å². The summed E-state index contributed by atoms with van der Waals surface area (Å²) < 4.78 is 10.8. The Hall–Kier alpha value is -3.61. The molecule has 0 saturated carbocycles. The molecule has 1 atom stereocenters. The third-order valence-corrected chi connectivity index (χ3v) is 5.33. The Balaban J connectivity index is 1.32. The quantitative estimate of drug-likeness (QED) is 0.563. The smallest absolute Gasteiger partial charge is 0.258 e. The number of carbonyl (C=O) groups excluding carboxylic acids is 1. The molecule has 4 aromatic rings. The third-order valence-electron chi connectivity index (χ3n) is 5.33. The Labute approximate surface area is 167 Å². The summed E-state index contributed by atoms with van der Waals surface area (Å²) in [5, 5.41) is 5.28. The van der Waals surface area contributed by atoms with Crippen LogP contribution in [0, 0.1) is 0 Å². The molecular weight excluding hydrogens is 368 g/mol. The van der Waals surface area contributed by atoms with Gasteiger partial charge in [-0.15, -0.1) is 0 Å². The van der Waals surface area contributed by atoms with E-state index in [4.69, 9.17) is 9.26 Å². The maximum atomic E-state index is 12.5. The number of hydrogen-bond donors (Lipinski definition) is 1. The average molecular weight is 388 g/mol. The molecule has 1 aliphatic heterocycles. The number of nitrogens with one attached hydrogen (secondary N) is 1. The van der Waals surface area contributed by atoms with Gasteiger partial charge in [0.1, 0.15) is 5.75 Å². The molecule has 29 heavy (non-hydrogen) atoms. The highest BCUT2D eigenvalue weighted by molar-refractivity contribution is 5.83. The van der Waals surface area contributed by atoms with Gasteiger partial charge in [-0.1, -0.05) is 23.4 Å². The highest BCUT2D eigenvalue weighted by Gasteiger charge is 2.33. The lowest BCUT2D eigenvalue weighted by molar-refractivity contribution is -0.128. The summed E-state index contributed by atoms with van der Waals surface area (Å²) in [6.45, 7) is 1.12. The number of hydrogen-bond acceptors (Lipinski definition) is 5. The van der Waals surface area contributed by atoms with E-state index in [9.17, 15) is 4.79 Å². The number of ether oxygens (including phenoxy) is 1. The van der Waals surface area contributed by atoms with E-state index in [1.54, 1.807) is 7.11 Å². The summed E-state index contributed by atoms with van der Waals surface area (Å²) in [4.78, 5) is 22.1. The third kappa shape index (κ3) is 3.35. The van der Waals surface area contributed by atoms with Gasteiger partial charge in [-0.05, 0) is 41.3 Å². The maximum Gasteiger partial charge on any atom is 0.258 e. The van der Waals surface area contributed by atoms with Crippen LogP contribution in [0.1, 0.15) is 23.7 Å². The van der Waals surface area contributed by atoms with Crippen molar-refractivity contribution in [2.75, 3.05) is 13.7 Å². The van der Waals surface area contributed by atoms with Gasteiger partial charge in [0, 0.05) is 42.7 Å².